The molecule has 0 bridgehead atoms. The fraction of sp³-hybridized carbons (Fsp3) is 0.444. The van der Waals surface area contributed by atoms with Crippen LogP contribution in [0.4, 0.5) is 0 Å². The van der Waals surface area contributed by atoms with Crippen molar-refractivity contribution in [3.8, 4) is 0 Å². The summed E-state index contributed by atoms with van der Waals surface area (Å²) in [6.07, 6.45) is 3.10. The SMILES string of the molecule is CN=C(NCc1cn[nH]c1C)N1CCC(CSc2ccccc2)C1. The molecule has 0 spiro atoms. The first-order valence-electron chi connectivity index (χ1n) is 8.38. The summed E-state index contributed by atoms with van der Waals surface area (Å²) in [6.45, 7) is 4.95. The van der Waals surface area contributed by atoms with Crippen molar-refractivity contribution in [2.75, 3.05) is 25.9 Å². The number of H-pyrrole nitrogens is 1. The van der Waals surface area contributed by atoms with Crippen molar-refractivity contribution in [1.29, 1.82) is 0 Å². The van der Waals surface area contributed by atoms with Crippen molar-refractivity contribution in [3.05, 3.63) is 47.8 Å². The molecule has 0 aliphatic carbocycles. The molecule has 1 aliphatic rings. The number of likely N-dealkylation sites (tertiary alicyclic amines) is 1. The number of nitrogens with one attached hydrogen (secondary N) is 2. The predicted molar refractivity (Wildman–Crippen MR) is 100 cm³/mol. The van der Waals surface area contributed by atoms with E-state index >= 15 is 0 Å². The molecule has 0 saturated carbocycles. The summed E-state index contributed by atoms with van der Waals surface area (Å²) >= 11 is 1.95. The van der Waals surface area contributed by atoms with Gasteiger partial charge in [0.2, 0.25) is 0 Å². The van der Waals surface area contributed by atoms with Gasteiger partial charge in [0.25, 0.3) is 0 Å². The second-order valence-electron chi connectivity index (χ2n) is 6.15. The van der Waals surface area contributed by atoms with Gasteiger partial charge in [-0.15, -0.1) is 11.8 Å². The molecule has 2 heterocycles. The second-order valence-corrected chi connectivity index (χ2v) is 7.24. The van der Waals surface area contributed by atoms with Crippen molar-refractivity contribution in [1.82, 2.24) is 20.4 Å². The summed E-state index contributed by atoms with van der Waals surface area (Å²) < 4.78 is 0. The first-order chi connectivity index (χ1) is 11.8. The fourth-order valence-corrected chi connectivity index (χ4v) is 4.00. The van der Waals surface area contributed by atoms with Gasteiger partial charge in [0, 0.05) is 48.6 Å². The van der Waals surface area contributed by atoms with Gasteiger partial charge in [-0.2, -0.15) is 5.10 Å². The zero-order valence-corrected chi connectivity index (χ0v) is 15.1. The number of hydrogen-bond donors (Lipinski definition) is 2. The Morgan fingerprint density at radius 2 is 2.25 bits per heavy atom. The number of guanidine groups is 1. The lowest BCUT2D eigenvalue weighted by Gasteiger charge is -2.21. The van der Waals surface area contributed by atoms with Crippen LogP contribution < -0.4 is 5.32 Å². The van der Waals surface area contributed by atoms with E-state index in [1.807, 2.05) is 31.9 Å². The third kappa shape index (κ3) is 4.32. The molecule has 2 aromatic rings. The smallest absolute Gasteiger partial charge is 0.193 e. The molecule has 1 fully saturated rings. The van der Waals surface area contributed by atoms with Crippen molar-refractivity contribution in [3.63, 3.8) is 0 Å². The van der Waals surface area contributed by atoms with Gasteiger partial charge in [-0.1, -0.05) is 18.2 Å². The van der Waals surface area contributed by atoms with Crippen LogP contribution in [-0.4, -0.2) is 46.9 Å². The number of aromatic amines is 1. The molecule has 6 heteroatoms. The summed E-state index contributed by atoms with van der Waals surface area (Å²) in [5.74, 6) is 2.87. The van der Waals surface area contributed by atoms with Gasteiger partial charge in [-0.25, -0.2) is 0 Å². The number of nitrogens with zero attached hydrogens (tertiary/aromatic N) is 3. The Labute approximate surface area is 147 Å². The number of aliphatic imine (C=N–C) groups is 1. The largest absolute Gasteiger partial charge is 0.352 e. The van der Waals surface area contributed by atoms with Crippen molar-refractivity contribution in [2.24, 2.45) is 10.9 Å². The molecule has 128 valence electrons. The molecule has 24 heavy (non-hydrogen) atoms. The van der Waals surface area contributed by atoms with Gasteiger partial charge in [0.05, 0.1) is 6.20 Å². The van der Waals surface area contributed by atoms with Crippen LogP contribution in [-0.2, 0) is 6.54 Å². The maximum Gasteiger partial charge on any atom is 0.193 e. The highest BCUT2D eigenvalue weighted by atomic mass is 32.2. The summed E-state index contributed by atoms with van der Waals surface area (Å²) in [4.78, 5) is 8.17. The predicted octanol–water partition coefficient (Wildman–Crippen LogP) is 2.91. The molecule has 1 saturated heterocycles. The van der Waals surface area contributed by atoms with Crippen LogP contribution in [0.5, 0.6) is 0 Å². The molecular formula is C18H25N5S. The number of aryl methyl sites for hydroxylation is 1. The first kappa shape index (κ1) is 16.9. The summed E-state index contributed by atoms with van der Waals surface area (Å²) in [5.41, 5.74) is 2.29. The van der Waals surface area contributed by atoms with E-state index in [-0.39, 0.29) is 0 Å². The van der Waals surface area contributed by atoms with Gasteiger partial charge in [-0.3, -0.25) is 10.1 Å². The number of rotatable bonds is 5. The van der Waals surface area contributed by atoms with Crippen LogP contribution in [0.15, 0.2) is 46.4 Å². The van der Waals surface area contributed by atoms with Crippen LogP contribution in [0, 0.1) is 12.8 Å². The number of aromatic nitrogens is 2. The quantitative estimate of drug-likeness (QED) is 0.498. The lowest BCUT2D eigenvalue weighted by Crippen LogP contribution is -2.39. The highest BCUT2D eigenvalue weighted by Gasteiger charge is 2.24. The molecule has 3 rings (SSSR count). The molecule has 5 nitrogen and oxygen atoms in total. The van der Waals surface area contributed by atoms with Crippen LogP contribution in [0.2, 0.25) is 0 Å². The van der Waals surface area contributed by atoms with E-state index in [1.165, 1.54) is 22.6 Å². The van der Waals surface area contributed by atoms with E-state index in [4.69, 9.17) is 0 Å². The van der Waals surface area contributed by atoms with Crippen LogP contribution in [0.25, 0.3) is 0 Å². The topological polar surface area (TPSA) is 56.3 Å². The third-order valence-corrected chi connectivity index (χ3v) is 5.64. The number of benzene rings is 1. The minimum absolute atomic E-state index is 0.712. The lowest BCUT2D eigenvalue weighted by atomic mass is 10.2. The van der Waals surface area contributed by atoms with E-state index in [1.54, 1.807) is 0 Å². The Morgan fingerprint density at radius 1 is 1.42 bits per heavy atom. The number of hydrogen-bond acceptors (Lipinski definition) is 3. The Balaban J connectivity index is 1.47. The molecule has 2 N–H and O–H groups in total. The molecule has 1 aromatic heterocycles. The van der Waals surface area contributed by atoms with Gasteiger partial charge < -0.3 is 10.2 Å². The number of thioether (sulfide) groups is 1. The minimum atomic E-state index is 0.712. The Bertz CT molecular complexity index is 667. The molecule has 1 aromatic carbocycles. The van der Waals surface area contributed by atoms with Crippen molar-refractivity contribution >= 4 is 17.7 Å². The van der Waals surface area contributed by atoms with Crippen LogP contribution >= 0.6 is 11.8 Å². The zero-order chi connectivity index (χ0) is 16.8. The molecular weight excluding hydrogens is 318 g/mol. The van der Waals surface area contributed by atoms with Crippen molar-refractivity contribution < 1.29 is 0 Å². The standard InChI is InChI=1S/C18H25N5S/c1-14-16(11-21-22-14)10-20-18(19-2)23-9-8-15(12-23)13-24-17-6-4-3-5-7-17/h3-7,11,15H,8-10,12-13H2,1-2H3,(H,19,20)(H,21,22). The van der Waals surface area contributed by atoms with Crippen LogP contribution in [0.3, 0.4) is 0 Å². The average Bonchev–Trinajstić information content (AvgIpc) is 3.24. The van der Waals surface area contributed by atoms with Gasteiger partial charge >= 0.3 is 0 Å². The molecule has 0 radical (unpaired) electrons. The highest BCUT2D eigenvalue weighted by Crippen LogP contribution is 2.25. The van der Waals surface area contributed by atoms with E-state index in [0.717, 1.165) is 31.3 Å². The Kier molecular flexibility index (Phi) is 5.80. The van der Waals surface area contributed by atoms with Gasteiger partial charge in [-0.05, 0) is 31.4 Å². The highest BCUT2D eigenvalue weighted by molar-refractivity contribution is 7.99. The molecule has 1 atom stereocenters. The average molecular weight is 344 g/mol. The minimum Gasteiger partial charge on any atom is -0.352 e. The van der Waals surface area contributed by atoms with E-state index in [9.17, 15) is 0 Å². The first-order valence-corrected chi connectivity index (χ1v) is 9.37. The maximum absolute atomic E-state index is 4.45. The molecule has 1 aliphatic heterocycles. The van der Waals surface area contributed by atoms with E-state index in [2.05, 4.69) is 55.7 Å². The summed E-state index contributed by atoms with van der Waals surface area (Å²) in [5, 5.41) is 10.5. The van der Waals surface area contributed by atoms with Gasteiger partial charge in [0.1, 0.15) is 0 Å². The second kappa shape index (κ2) is 8.24. The third-order valence-electron chi connectivity index (χ3n) is 4.40. The van der Waals surface area contributed by atoms with Crippen LogP contribution in [0.1, 0.15) is 17.7 Å². The Morgan fingerprint density at radius 3 is 2.96 bits per heavy atom. The fourth-order valence-electron chi connectivity index (χ4n) is 2.95. The maximum atomic E-state index is 4.45. The van der Waals surface area contributed by atoms with Crippen molar-refractivity contribution in [2.45, 2.75) is 24.8 Å². The molecule has 1 unspecified atom stereocenters. The zero-order valence-electron chi connectivity index (χ0n) is 14.3. The van der Waals surface area contributed by atoms with E-state index in [0.29, 0.717) is 5.92 Å². The van der Waals surface area contributed by atoms with Gasteiger partial charge in [0.15, 0.2) is 5.96 Å². The lowest BCUT2D eigenvalue weighted by molar-refractivity contribution is 0.474. The molecule has 0 amide bonds. The normalized spacial score (nSPS) is 18.2. The van der Waals surface area contributed by atoms with E-state index < -0.39 is 0 Å². The monoisotopic (exact) mass is 343 g/mol. The summed E-state index contributed by atoms with van der Waals surface area (Å²) in [7, 11) is 1.86. The Hall–Kier alpha value is -1.95. The summed E-state index contributed by atoms with van der Waals surface area (Å²) in [6, 6.07) is 10.6.